The molecule has 168 valence electrons. The molecule has 2 aromatic carbocycles. The van der Waals surface area contributed by atoms with E-state index in [0.717, 1.165) is 47.8 Å². The van der Waals surface area contributed by atoms with Gasteiger partial charge in [0.1, 0.15) is 12.4 Å². The van der Waals surface area contributed by atoms with Crippen LogP contribution in [0.2, 0.25) is 0 Å². The third kappa shape index (κ3) is 6.40. The third-order valence-corrected chi connectivity index (χ3v) is 6.88. The summed E-state index contributed by atoms with van der Waals surface area (Å²) in [4.78, 5) is 16.6. The van der Waals surface area contributed by atoms with Gasteiger partial charge >= 0.3 is 0 Å². The van der Waals surface area contributed by atoms with Gasteiger partial charge in [-0.3, -0.25) is 4.79 Å². The fourth-order valence-corrected chi connectivity index (χ4v) is 5.01. The van der Waals surface area contributed by atoms with Crippen LogP contribution in [0, 0.1) is 18.8 Å². The lowest BCUT2D eigenvalue weighted by molar-refractivity contribution is -0.115. The summed E-state index contributed by atoms with van der Waals surface area (Å²) in [6.07, 6.45) is 4.04. The fraction of sp³-hybridized carbons (Fsp3) is 0.385. The molecule has 0 unspecified atom stereocenters. The number of aromatic nitrogens is 1. The maximum atomic E-state index is 12.2. The van der Waals surface area contributed by atoms with Crippen LogP contribution < -0.4 is 10.1 Å². The first-order valence-corrected chi connectivity index (χ1v) is 12.1. The number of benzene rings is 2. The molecule has 0 bridgehead atoms. The van der Waals surface area contributed by atoms with Gasteiger partial charge in [-0.2, -0.15) is 0 Å². The van der Waals surface area contributed by atoms with Gasteiger partial charge in [-0.15, -0.1) is 11.3 Å². The van der Waals surface area contributed by atoms with Crippen molar-refractivity contribution in [3.8, 4) is 5.75 Å². The summed E-state index contributed by atoms with van der Waals surface area (Å²) in [7, 11) is 0. The highest BCUT2D eigenvalue weighted by atomic mass is 32.1. The number of nitrogens with one attached hydrogen (secondary N) is 1. The third-order valence-electron chi connectivity index (χ3n) is 6.06. The van der Waals surface area contributed by atoms with Crippen molar-refractivity contribution in [3.05, 3.63) is 76.2 Å². The number of aryl methyl sites for hydroxylation is 1. The highest BCUT2D eigenvalue weighted by Gasteiger charge is 2.30. The Kier molecular flexibility index (Phi) is 7.55. The fourth-order valence-electron chi connectivity index (χ4n) is 4.40. The number of hydrogen-bond acceptors (Lipinski definition) is 5. The lowest BCUT2D eigenvalue weighted by Gasteiger charge is -2.19. The number of amides is 1. The molecule has 0 spiro atoms. The van der Waals surface area contributed by atoms with Gasteiger partial charge < -0.3 is 15.2 Å². The lowest BCUT2D eigenvalue weighted by Crippen LogP contribution is -2.25. The molecule has 2 N–H and O–H groups in total. The minimum Gasteiger partial charge on any atom is -0.491 e. The number of carbonyl (C=O) groups is 1. The first-order chi connectivity index (χ1) is 15.5. The van der Waals surface area contributed by atoms with Crippen LogP contribution in [0.3, 0.4) is 0 Å². The standard InChI is InChI=1S/C26H30N2O3S/c1-18-27-23(17-32-18)15-26(30)28-22-11-8-19(9-12-22)13-20-7-10-21(14-20)25(29)16-31-24-5-3-2-4-6-24/h2-6,8-9,11-12,17,20-21,25,29H,7,10,13-16H2,1H3,(H,28,30)/t20-,21+,25-/m1/s1. The Morgan fingerprint density at radius 1 is 1.19 bits per heavy atom. The van der Waals surface area contributed by atoms with Crippen molar-refractivity contribution in [2.45, 2.75) is 45.1 Å². The number of rotatable bonds is 9. The molecular formula is C26H30N2O3S. The van der Waals surface area contributed by atoms with Crippen molar-refractivity contribution in [1.29, 1.82) is 0 Å². The first kappa shape index (κ1) is 22.5. The summed E-state index contributed by atoms with van der Waals surface area (Å²) >= 11 is 1.56. The van der Waals surface area contributed by atoms with E-state index in [-0.39, 0.29) is 11.8 Å². The molecule has 1 fully saturated rings. The second kappa shape index (κ2) is 10.7. The summed E-state index contributed by atoms with van der Waals surface area (Å²) < 4.78 is 5.73. The predicted molar refractivity (Wildman–Crippen MR) is 128 cm³/mol. The highest BCUT2D eigenvalue weighted by molar-refractivity contribution is 7.09. The van der Waals surface area contributed by atoms with Crippen LogP contribution >= 0.6 is 11.3 Å². The SMILES string of the molecule is Cc1nc(CC(=O)Nc2ccc(C[C@H]3CC[C@H]([C@H](O)COc4ccccc4)C3)cc2)cs1. The quantitative estimate of drug-likeness (QED) is 0.480. The van der Waals surface area contributed by atoms with Crippen LogP contribution in [0.25, 0.3) is 0 Å². The first-order valence-electron chi connectivity index (χ1n) is 11.2. The van der Waals surface area contributed by atoms with Crippen LogP contribution in [-0.4, -0.2) is 28.7 Å². The van der Waals surface area contributed by atoms with Gasteiger partial charge in [0, 0.05) is 11.1 Å². The van der Waals surface area contributed by atoms with Gasteiger partial charge in [0.15, 0.2) is 0 Å². The van der Waals surface area contributed by atoms with Gasteiger partial charge in [0.2, 0.25) is 5.91 Å². The number of nitrogens with zero attached hydrogens (tertiary/aromatic N) is 1. The zero-order valence-corrected chi connectivity index (χ0v) is 19.2. The molecule has 1 heterocycles. The summed E-state index contributed by atoms with van der Waals surface area (Å²) in [5.74, 6) is 1.61. The van der Waals surface area contributed by atoms with E-state index in [0.29, 0.717) is 18.9 Å². The van der Waals surface area contributed by atoms with E-state index in [4.69, 9.17) is 4.74 Å². The Morgan fingerprint density at radius 3 is 2.69 bits per heavy atom. The average molecular weight is 451 g/mol. The number of para-hydroxylation sites is 1. The molecule has 1 aliphatic carbocycles. The molecule has 1 saturated carbocycles. The van der Waals surface area contributed by atoms with Gasteiger partial charge in [0.05, 0.1) is 23.2 Å². The Morgan fingerprint density at radius 2 is 1.97 bits per heavy atom. The number of hydrogen-bond donors (Lipinski definition) is 2. The van der Waals surface area contributed by atoms with Crippen LogP contribution in [0.4, 0.5) is 5.69 Å². The van der Waals surface area contributed by atoms with Crippen LogP contribution in [0.15, 0.2) is 60.0 Å². The minimum atomic E-state index is -0.431. The zero-order valence-electron chi connectivity index (χ0n) is 18.4. The predicted octanol–water partition coefficient (Wildman–Crippen LogP) is 5.03. The molecule has 4 rings (SSSR count). The number of thiazole rings is 1. The molecule has 5 nitrogen and oxygen atoms in total. The van der Waals surface area contributed by atoms with E-state index in [1.165, 1.54) is 5.56 Å². The van der Waals surface area contributed by atoms with Gasteiger partial charge in [0.25, 0.3) is 0 Å². The second-order valence-corrected chi connectivity index (χ2v) is 9.68. The van der Waals surface area contributed by atoms with E-state index >= 15 is 0 Å². The van der Waals surface area contributed by atoms with Crippen molar-refractivity contribution in [2.75, 3.05) is 11.9 Å². The van der Waals surface area contributed by atoms with E-state index in [1.54, 1.807) is 11.3 Å². The summed E-state index contributed by atoms with van der Waals surface area (Å²) in [6.45, 7) is 2.28. The lowest BCUT2D eigenvalue weighted by atomic mass is 9.95. The molecule has 0 aliphatic heterocycles. The average Bonchev–Trinajstić information content (AvgIpc) is 3.43. The molecule has 0 saturated heterocycles. The Balaban J connectivity index is 1.21. The number of aliphatic hydroxyl groups is 1. The minimum absolute atomic E-state index is 0.0478. The van der Waals surface area contributed by atoms with Crippen molar-refractivity contribution >= 4 is 22.9 Å². The van der Waals surface area contributed by atoms with E-state index in [2.05, 4.69) is 22.4 Å². The van der Waals surface area contributed by atoms with Gasteiger partial charge in [-0.25, -0.2) is 4.98 Å². The summed E-state index contributed by atoms with van der Waals surface area (Å²) in [6, 6.07) is 17.8. The molecular weight excluding hydrogens is 420 g/mol. The van der Waals surface area contributed by atoms with Crippen LogP contribution in [-0.2, 0) is 17.6 Å². The second-order valence-electron chi connectivity index (χ2n) is 8.61. The van der Waals surface area contributed by atoms with Crippen molar-refractivity contribution < 1.29 is 14.6 Å². The number of aliphatic hydroxyl groups excluding tert-OH is 1. The number of ether oxygens (including phenoxy) is 1. The normalized spacial score (nSPS) is 18.9. The van der Waals surface area contributed by atoms with Gasteiger partial charge in [-0.1, -0.05) is 30.3 Å². The van der Waals surface area contributed by atoms with Crippen LogP contribution in [0.5, 0.6) is 5.75 Å². The number of anilines is 1. The molecule has 1 aromatic heterocycles. The topological polar surface area (TPSA) is 71.5 Å². The molecule has 1 aliphatic rings. The monoisotopic (exact) mass is 450 g/mol. The van der Waals surface area contributed by atoms with Crippen LogP contribution in [0.1, 0.15) is 35.5 Å². The van der Waals surface area contributed by atoms with Crippen molar-refractivity contribution in [1.82, 2.24) is 4.98 Å². The van der Waals surface area contributed by atoms with E-state index in [9.17, 15) is 9.90 Å². The van der Waals surface area contributed by atoms with Crippen molar-refractivity contribution in [2.24, 2.45) is 11.8 Å². The molecule has 3 aromatic rings. The molecule has 0 radical (unpaired) electrons. The molecule has 32 heavy (non-hydrogen) atoms. The summed E-state index contributed by atoms with van der Waals surface area (Å²) in [5.41, 5.74) is 2.89. The largest absolute Gasteiger partial charge is 0.491 e. The van der Waals surface area contributed by atoms with E-state index < -0.39 is 6.10 Å². The van der Waals surface area contributed by atoms with Gasteiger partial charge in [-0.05, 0) is 74.3 Å². The number of carbonyl (C=O) groups excluding carboxylic acids is 1. The maximum Gasteiger partial charge on any atom is 0.230 e. The Bertz CT molecular complexity index is 1000. The Hall–Kier alpha value is -2.70. The van der Waals surface area contributed by atoms with Crippen molar-refractivity contribution in [3.63, 3.8) is 0 Å². The molecule has 1 amide bonds. The molecule has 3 atom stereocenters. The maximum absolute atomic E-state index is 12.2. The van der Waals surface area contributed by atoms with E-state index in [1.807, 2.05) is 54.8 Å². The highest BCUT2D eigenvalue weighted by Crippen LogP contribution is 2.35. The summed E-state index contributed by atoms with van der Waals surface area (Å²) in [5, 5.41) is 16.4. The zero-order chi connectivity index (χ0) is 22.3. The Labute approximate surface area is 193 Å². The smallest absolute Gasteiger partial charge is 0.230 e. The molecule has 6 heteroatoms.